The van der Waals surface area contributed by atoms with Crippen molar-refractivity contribution in [2.45, 2.75) is 57.2 Å². The van der Waals surface area contributed by atoms with Gasteiger partial charge in [0.25, 0.3) is 5.91 Å². The number of hydrogen-bond donors (Lipinski definition) is 4. The molecule has 230 valence electrons. The van der Waals surface area contributed by atoms with E-state index in [9.17, 15) is 24.6 Å². The van der Waals surface area contributed by atoms with Crippen molar-refractivity contribution in [3.8, 4) is 5.75 Å². The molecule has 2 aromatic carbocycles. The van der Waals surface area contributed by atoms with Gasteiger partial charge >= 0.3 is 0 Å². The molecule has 2 aromatic rings. The van der Waals surface area contributed by atoms with Crippen LogP contribution in [0.15, 0.2) is 54.6 Å². The third-order valence-corrected chi connectivity index (χ3v) is 8.99. The molecule has 0 saturated carbocycles. The predicted molar refractivity (Wildman–Crippen MR) is 163 cm³/mol. The normalized spacial score (nSPS) is 24.3. The molecule has 1 unspecified atom stereocenters. The van der Waals surface area contributed by atoms with Gasteiger partial charge in [0.2, 0.25) is 11.8 Å². The molecule has 3 heterocycles. The smallest absolute Gasteiger partial charge is 0.264 e. The minimum Gasteiger partial charge on any atom is -0.497 e. The summed E-state index contributed by atoms with van der Waals surface area (Å²) in [6.07, 6.45) is 7.05. The van der Waals surface area contributed by atoms with Gasteiger partial charge in [0.05, 0.1) is 37.9 Å². The Kier molecular flexibility index (Phi) is 9.49. The Morgan fingerprint density at radius 2 is 1.98 bits per heavy atom. The van der Waals surface area contributed by atoms with Gasteiger partial charge in [0.1, 0.15) is 5.75 Å². The van der Waals surface area contributed by atoms with Crippen LogP contribution >= 0.6 is 0 Å². The minimum atomic E-state index is -1.85. The molecule has 10 heteroatoms. The van der Waals surface area contributed by atoms with E-state index in [1.165, 1.54) is 7.11 Å². The van der Waals surface area contributed by atoms with Gasteiger partial charge in [-0.1, -0.05) is 31.2 Å². The monoisotopic (exact) mass is 590 g/mol. The van der Waals surface area contributed by atoms with E-state index in [4.69, 9.17) is 4.74 Å². The molecule has 0 radical (unpaired) electrons. The lowest BCUT2D eigenvalue weighted by Gasteiger charge is -2.28. The number of aliphatic hydroxyl groups is 2. The average Bonchev–Trinajstić information content (AvgIpc) is 3.60. The Bertz CT molecular complexity index is 1360. The van der Waals surface area contributed by atoms with Gasteiger partial charge in [-0.3, -0.25) is 14.4 Å². The van der Waals surface area contributed by atoms with Gasteiger partial charge in [0, 0.05) is 36.7 Å². The Balaban J connectivity index is 1.30. The summed E-state index contributed by atoms with van der Waals surface area (Å²) in [7, 11) is 1.54. The average molecular weight is 591 g/mol. The summed E-state index contributed by atoms with van der Waals surface area (Å²) < 4.78 is 5.41. The van der Waals surface area contributed by atoms with E-state index in [0.717, 1.165) is 37.8 Å². The molecule has 10 nitrogen and oxygen atoms in total. The molecule has 5 rings (SSSR count). The van der Waals surface area contributed by atoms with Gasteiger partial charge in [-0.05, 0) is 68.1 Å². The van der Waals surface area contributed by atoms with E-state index >= 15 is 0 Å². The van der Waals surface area contributed by atoms with E-state index < -0.39 is 17.4 Å². The Hall–Kier alpha value is -3.73. The number of rotatable bonds is 10. The van der Waals surface area contributed by atoms with Gasteiger partial charge < -0.3 is 35.4 Å². The zero-order chi connectivity index (χ0) is 30.6. The van der Waals surface area contributed by atoms with Crippen LogP contribution in [0.1, 0.15) is 50.2 Å². The first kappa shape index (κ1) is 30.7. The van der Waals surface area contributed by atoms with E-state index in [1.807, 2.05) is 24.3 Å². The van der Waals surface area contributed by atoms with Crippen LogP contribution in [-0.4, -0.2) is 72.2 Å². The van der Waals surface area contributed by atoms with Crippen LogP contribution in [0.25, 0.3) is 0 Å². The predicted octanol–water partition coefficient (Wildman–Crippen LogP) is 2.93. The molecule has 43 heavy (non-hydrogen) atoms. The number of anilines is 2. The standard InChI is InChI=1S/C33H42N4O6/c1-22(6-3-9-30(39)36-17-5-8-26(36)21-38)33(42)28-18-27(43-2)14-15-29(28)37(32(33)41)20-23-10-12-25(13-11-23)35-31(40)24-7-4-16-34-19-24/h3,6,10-15,18,22,24,26,34,38,42H,4-5,7-9,16-17,19-21H2,1-2H3,(H,35,40)/b6-3+/t22-,24?,26+,33+/m1/s1. The lowest BCUT2D eigenvalue weighted by atomic mass is 9.83. The number of fused-ring (bicyclic) bond motifs is 1. The fourth-order valence-corrected chi connectivity index (χ4v) is 6.39. The fraction of sp³-hybridized carbons (Fsp3) is 0.485. The third kappa shape index (κ3) is 6.32. The molecule has 3 amide bonds. The first-order valence-corrected chi connectivity index (χ1v) is 15.2. The molecule has 0 aliphatic carbocycles. The highest BCUT2D eigenvalue weighted by atomic mass is 16.5. The van der Waals surface area contributed by atoms with Gasteiger partial charge in [0.15, 0.2) is 5.60 Å². The van der Waals surface area contributed by atoms with Crippen molar-refractivity contribution >= 4 is 29.1 Å². The van der Waals surface area contributed by atoms with Crippen LogP contribution in [0.2, 0.25) is 0 Å². The molecule has 4 atom stereocenters. The number of aliphatic hydroxyl groups excluding tert-OH is 1. The first-order chi connectivity index (χ1) is 20.8. The number of nitrogens with one attached hydrogen (secondary N) is 2. The van der Waals surface area contributed by atoms with Crippen molar-refractivity contribution in [1.82, 2.24) is 10.2 Å². The number of piperidine rings is 1. The van der Waals surface area contributed by atoms with Crippen molar-refractivity contribution in [1.29, 1.82) is 0 Å². The first-order valence-electron chi connectivity index (χ1n) is 15.2. The fourth-order valence-electron chi connectivity index (χ4n) is 6.39. The second-order valence-electron chi connectivity index (χ2n) is 11.8. The quantitative estimate of drug-likeness (QED) is 0.313. The summed E-state index contributed by atoms with van der Waals surface area (Å²) in [6, 6.07) is 12.5. The van der Waals surface area contributed by atoms with E-state index in [2.05, 4.69) is 10.6 Å². The van der Waals surface area contributed by atoms with E-state index in [-0.39, 0.29) is 43.3 Å². The lowest BCUT2D eigenvalue weighted by Crippen LogP contribution is -2.44. The number of ether oxygens (including phenoxy) is 1. The molecule has 2 fully saturated rings. The van der Waals surface area contributed by atoms with Crippen LogP contribution in [0.3, 0.4) is 0 Å². The van der Waals surface area contributed by atoms with Crippen LogP contribution in [0.4, 0.5) is 11.4 Å². The summed E-state index contributed by atoms with van der Waals surface area (Å²) in [5.74, 6) is -0.698. The SMILES string of the molecule is COc1ccc2c(c1)[C@@](O)([C@H](C)/C=C/CC(=O)N1CCC[C@H]1CO)C(=O)N2Cc1ccc(NC(=O)C2CCCNC2)cc1. The molecule has 3 aliphatic heterocycles. The highest BCUT2D eigenvalue weighted by Gasteiger charge is 2.52. The van der Waals surface area contributed by atoms with Gasteiger partial charge in [-0.2, -0.15) is 0 Å². The summed E-state index contributed by atoms with van der Waals surface area (Å²) in [6.45, 7) is 4.19. The number of amides is 3. The van der Waals surface area contributed by atoms with Crippen LogP contribution in [0, 0.1) is 11.8 Å². The zero-order valence-electron chi connectivity index (χ0n) is 24.9. The third-order valence-electron chi connectivity index (χ3n) is 8.99. The number of nitrogens with zero attached hydrogens (tertiary/aromatic N) is 2. The van der Waals surface area contributed by atoms with Crippen molar-refractivity contribution < 1.29 is 29.3 Å². The molecular formula is C33H42N4O6. The van der Waals surface area contributed by atoms with Crippen molar-refractivity contribution in [3.63, 3.8) is 0 Å². The van der Waals surface area contributed by atoms with E-state index in [0.29, 0.717) is 35.8 Å². The van der Waals surface area contributed by atoms with Crippen LogP contribution < -0.4 is 20.3 Å². The van der Waals surface area contributed by atoms with Crippen molar-refractivity contribution in [2.75, 3.05) is 43.6 Å². The highest BCUT2D eigenvalue weighted by Crippen LogP contribution is 2.47. The minimum absolute atomic E-state index is 0.00000371. The Labute approximate surface area is 252 Å². The number of likely N-dealkylation sites (tertiary alicyclic amines) is 1. The van der Waals surface area contributed by atoms with Gasteiger partial charge in [-0.25, -0.2) is 0 Å². The molecule has 0 spiro atoms. The van der Waals surface area contributed by atoms with Crippen molar-refractivity contribution in [3.05, 3.63) is 65.7 Å². The Morgan fingerprint density at radius 3 is 2.67 bits per heavy atom. The maximum absolute atomic E-state index is 13.9. The number of carbonyl (C=O) groups is 3. The molecule has 2 saturated heterocycles. The number of carbonyl (C=O) groups excluding carboxylic acids is 3. The lowest BCUT2D eigenvalue weighted by molar-refractivity contribution is -0.139. The second-order valence-corrected chi connectivity index (χ2v) is 11.8. The zero-order valence-corrected chi connectivity index (χ0v) is 24.9. The largest absolute Gasteiger partial charge is 0.497 e. The molecule has 0 aromatic heterocycles. The maximum atomic E-state index is 13.9. The summed E-state index contributed by atoms with van der Waals surface area (Å²) >= 11 is 0. The Morgan fingerprint density at radius 1 is 1.19 bits per heavy atom. The summed E-state index contributed by atoms with van der Waals surface area (Å²) in [5, 5.41) is 27.8. The van der Waals surface area contributed by atoms with Crippen LogP contribution in [-0.2, 0) is 26.5 Å². The van der Waals surface area contributed by atoms with Crippen molar-refractivity contribution in [2.24, 2.45) is 11.8 Å². The summed E-state index contributed by atoms with van der Waals surface area (Å²) in [4.78, 5) is 42.6. The molecule has 4 N–H and O–H groups in total. The van der Waals surface area contributed by atoms with Crippen LogP contribution in [0.5, 0.6) is 5.75 Å². The highest BCUT2D eigenvalue weighted by molar-refractivity contribution is 6.07. The maximum Gasteiger partial charge on any atom is 0.264 e. The number of benzene rings is 2. The topological polar surface area (TPSA) is 131 Å². The molecule has 0 bridgehead atoms. The second kappa shape index (κ2) is 13.3. The van der Waals surface area contributed by atoms with E-state index in [1.54, 1.807) is 47.1 Å². The molecule has 3 aliphatic rings. The summed E-state index contributed by atoms with van der Waals surface area (Å²) in [5.41, 5.74) is 0.725. The number of methoxy groups -OCH3 is 1. The van der Waals surface area contributed by atoms with Gasteiger partial charge in [-0.15, -0.1) is 0 Å². The molecular weight excluding hydrogens is 548 g/mol. The number of hydrogen-bond acceptors (Lipinski definition) is 7.